The van der Waals surface area contributed by atoms with Crippen molar-refractivity contribution in [1.82, 2.24) is 9.97 Å². The van der Waals surface area contributed by atoms with Crippen molar-refractivity contribution in [3.05, 3.63) is 69.9 Å². The molecule has 2 aromatic carbocycles. The molecule has 0 fully saturated rings. The van der Waals surface area contributed by atoms with E-state index in [0.29, 0.717) is 0 Å². The predicted molar refractivity (Wildman–Crippen MR) is 174 cm³/mol. The summed E-state index contributed by atoms with van der Waals surface area (Å²) in [7, 11) is 0. The minimum atomic E-state index is -0.975. The molecule has 2 aromatic heterocycles. The SMILES string of the molecule is CC(CCC(=O)O)C(=O)Nc1nc(-c2ccccc2F)c(C#N)s1.C[C@H](CCC(=O)O)C(=O)Nc1nc(-c2ccccc2F)c(C#N)s1. The summed E-state index contributed by atoms with van der Waals surface area (Å²) < 4.78 is 27.8. The number of nitriles is 2. The fourth-order valence-electron chi connectivity index (χ4n) is 3.97. The molecule has 0 aliphatic rings. The lowest BCUT2D eigenvalue weighted by atomic mass is 10.1. The maximum absolute atomic E-state index is 13.9. The average Bonchev–Trinajstić information content (AvgIpc) is 3.66. The van der Waals surface area contributed by atoms with Gasteiger partial charge in [-0.05, 0) is 37.1 Å². The van der Waals surface area contributed by atoms with Gasteiger partial charge in [0.1, 0.15) is 44.9 Å². The third kappa shape index (κ3) is 10.2. The molecular weight excluding hydrogens is 667 g/mol. The van der Waals surface area contributed by atoms with Gasteiger partial charge < -0.3 is 20.8 Å². The van der Waals surface area contributed by atoms with Gasteiger partial charge in [-0.3, -0.25) is 19.2 Å². The molecule has 0 saturated carbocycles. The van der Waals surface area contributed by atoms with Gasteiger partial charge in [0, 0.05) is 35.8 Å². The number of halogens is 2. The van der Waals surface area contributed by atoms with Gasteiger partial charge in [-0.1, -0.05) is 60.8 Å². The molecule has 4 rings (SSSR count). The maximum atomic E-state index is 13.9. The molecule has 0 bridgehead atoms. The first-order valence-electron chi connectivity index (χ1n) is 14.2. The minimum Gasteiger partial charge on any atom is -0.481 e. The second-order valence-electron chi connectivity index (χ2n) is 10.2. The topological polar surface area (TPSA) is 206 Å². The van der Waals surface area contributed by atoms with Crippen molar-refractivity contribution in [3.8, 4) is 34.7 Å². The van der Waals surface area contributed by atoms with Gasteiger partial charge in [0.2, 0.25) is 11.8 Å². The van der Waals surface area contributed by atoms with Crippen molar-refractivity contribution in [2.45, 2.75) is 39.5 Å². The van der Waals surface area contributed by atoms with Crippen molar-refractivity contribution < 1.29 is 38.2 Å². The lowest BCUT2D eigenvalue weighted by molar-refractivity contribution is -0.138. The Morgan fingerprint density at radius 2 is 1.08 bits per heavy atom. The van der Waals surface area contributed by atoms with Crippen molar-refractivity contribution in [2.24, 2.45) is 11.8 Å². The number of carboxylic acid groups (broad SMARTS) is 2. The lowest BCUT2D eigenvalue weighted by Gasteiger charge is -2.08. The Kier molecular flexibility index (Phi) is 13.3. The number of aromatic nitrogens is 2. The van der Waals surface area contributed by atoms with Crippen LogP contribution in [-0.4, -0.2) is 43.9 Å². The zero-order valence-electron chi connectivity index (χ0n) is 25.5. The Morgan fingerprint density at radius 1 is 0.729 bits per heavy atom. The number of thiazole rings is 2. The number of aliphatic carboxylic acids is 2. The highest BCUT2D eigenvalue weighted by Gasteiger charge is 2.21. The number of carboxylic acids is 2. The normalized spacial score (nSPS) is 11.5. The molecule has 2 heterocycles. The Bertz CT molecular complexity index is 1760. The quantitative estimate of drug-likeness (QED) is 0.126. The monoisotopic (exact) mass is 694 g/mol. The van der Waals surface area contributed by atoms with E-state index in [0.717, 1.165) is 22.7 Å². The number of carbonyl (C=O) groups is 4. The molecule has 2 atom stereocenters. The van der Waals surface area contributed by atoms with Gasteiger partial charge in [-0.2, -0.15) is 10.5 Å². The van der Waals surface area contributed by atoms with Crippen molar-refractivity contribution in [1.29, 1.82) is 10.5 Å². The minimum absolute atomic E-state index is 0.115. The fraction of sp³-hybridized carbons (Fsp3) is 0.250. The Morgan fingerprint density at radius 3 is 1.40 bits per heavy atom. The number of nitrogens with zero attached hydrogens (tertiary/aromatic N) is 4. The van der Waals surface area contributed by atoms with Gasteiger partial charge in [-0.25, -0.2) is 18.7 Å². The van der Waals surface area contributed by atoms with Gasteiger partial charge in [0.25, 0.3) is 0 Å². The second kappa shape index (κ2) is 17.4. The van der Waals surface area contributed by atoms with Crippen molar-refractivity contribution >= 4 is 56.7 Å². The summed E-state index contributed by atoms with van der Waals surface area (Å²) >= 11 is 1.89. The molecule has 4 aromatic rings. The molecule has 48 heavy (non-hydrogen) atoms. The van der Waals surface area contributed by atoms with Gasteiger partial charge >= 0.3 is 11.9 Å². The highest BCUT2D eigenvalue weighted by molar-refractivity contribution is 7.17. The van der Waals surface area contributed by atoms with Crippen LogP contribution in [0.25, 0.3) is 22.5 Å². The van der Waals surface area contributed by atoms with Crippen LogP contribution in [0.1, 0.15) is 49.3 Å². The lowest BCUT2D eigenvalue weighted by Crippen LogP contribution is -2.21. The standard InChI is InChI=1S/2C16H14FN3O3S/c2*1-9(6-7-13(21)22)15(23)20-16-19-14(12(8-18)24-16)10-4-2-3-5-11(10)17/h2*2-5,9H,6-7H2,1H3,(H,21,22)(H,19,20,23)/t9-;/m1./s1. The van der Waals surface area contributed by atoms with E-state index in [-0.39, 0.29) is 68.2 Å². The van der Waals surface area contributed by atoms with Crippen LogP contribution in [0.15, 0.2) is 48.5 Å². The maximum Gasteiger partial charge on any atom is 0.303 e. The number of hydrogen-bond acceptors (Lipinski definition) is 10. The summed E-state index contributed by atoms with van der Waals surface area (Å²) in [6, 6.07) is 15.8. The summed E-state index contributed by atoms with van der Waals surface area (Å²) in [5.41, 5.74) is 0.720. The van der Waals surface area contributed by atoms with Crippen LogP contribution in [0.4, 0.5) is 19.0 Å². The third-order valence-electron chi connectivity index (χ3n) is 6.65. The molecule has 1 unspecified atom stereocenters. The average molecular weight is 695 g/mol. The van der Waals surface area contributed by atoms with Crippen LogP contribution < -0.4 is 10.6 Å². The molecule has 0 saturated heterocycles. The number of hydrogen-bond donors (Lipinski definition) is 4. The van der Waals surface area contributed by atoms with E-state index < -0.39 is 47.2 Å². The van der Waals surface area contributed by atoms with E-state index in [1.807, 2.05) is 12.1 Å². The highest BCUT2D eigenvalue weighted by Crippen LogP contribution is 2.33. The molecule has 12 nitrogen and oxygen atoms in total. The highest BCUT2D eigenvalue weighted by atomic mass is 32.1. The van der Waals surface area contributed by atoms with Crippen LogP contribution in [-0.2, 0) is 19.2 Å². The molecule has 16 heteroatoms. The number of anilines is 2. The zero-order chi connectivity index (χ0) is 35.4. The van der Waals surface area contributed by atoms with Gasteiger partial charge in [-0.15, -0.1) is 0 Å². The predicted octanol–water partition coefficient (Wildman–Crippen LogP) is 6.52. The summed E-state index contributed by atoms with van der Waals surface area (Å²) in [5.74, 6) is -4.79. The number of nitrogens with one attached hydrogen (secondary N) is 2. The van der Waals surface area contributed by atoms with E-state index in [1.54, 1.807) is 26.0 Å². The van der Waals surface area contributed by atoms with Crippen molar-refractivity contribution in [2.75, 3.05) is 10.6 Å². The Balaban J connectivity index is 0.000000260. The Hall–Kier alpha value is -5.58. The molecule has 248 valence electrons. The molecule has 0 spiro atoms. The molecule has 0 aliphatic carbocycles. The first-order chi connectivity index (χ1) is 22.8. The molecule has 0 radical (unpaired) electrons. The van der Waals surface area contributed by atoms with E-state index >= 15 is 0 Å². The summed E-state index contributed by atoms with van der Waals surface area (Å²) in [6.45, 7) is 3.21. The number of carbonyl (C=O) groups excluding carboxylic acids is 2. The van der Waals surface area contributed by atoms with Gasteiger partial charge in [0.15, 0.2) is 10.3 Å². The first kappa shape index (κ1) is 36.9. The van der Waals surface area contributed by atoms with E-state index in [4.69, 9.17) is 10.2 Å². The fourth-order valence-corrected chi connectivity index (χ4v) is 5.53. The van der Waals surface area contributed by atoms with E-state index in [9.17, 15) is 38.5 Å². The van der Waals surface area contributed by atoms with Crippen LogP contribution in [0, 0.1) is 46.1 Å². The van der Waals surface area contributed by atoms with Crippen LogP contribution in [0.2, 0.25) is 0 Å². The van der Waals surface area contributed by atoms with E-state index in [1.165, 1.54) is 36.4 Å². The van der Waals surface area contributed by atoms with Crippen LogP contribution >= 0.6 is 22.7 Å². The second-order valence-corrected chi connectivity index (χ2v) is 12.2. The summed E-state index contributed by atoms with van der Waals surface area (Å²) in [6.07, 6.45) is 0.155. The number of amides is 2. The van der Waals surface area contributed by atoms with Gasteiger partial charge in [0.05, 0.1) is 0 Å². The van der Waals surface area contributed by atoms with E-state index in [2.05, 4.69) is 20.6 Å². The van der Waals surface area contributed by atoms with Crippen LogP contribution in [0.5, 0.6) is 0 Å². The molecule has 2 amide bonds. The summed E-state index contributed by atoms with van der Waals surface area (Å²) in [5, 5.41) is 41.1. The third-order valence-corrected chi connectivity index (χ3v) is 8.40. The number of benzene rings is 2. The zero-order valence-corrected chi connectivity index (χ0v) is 27.1. The largest absolute Gasteiger partial charge is 0.481 e. The smallest absolute Gasteiger partial charge is 0.303 e. The first-order valence-corrected chi connectivity index (χ1v) is 15.8. The molecular formula is C32H28F2N6O6S2. The molecule has 0 aliphatic heterocycles. The van der Waals surface area contributed by atoms with Crippen molar-refractivity contribution in [3.63, 3.8) is 0 Å². The van der Waals surface area contributed by atoms with Crippen LogP contribution in [0.3, 0.4) is 0 Å². The summed E-state index contributed by atoms with van der Waals surface area (Å²) in [4.78, 5) is 53.8. The Labute approximate surface area is 281 Å². The molecule has 4 N–H and O–H groups in total. The number of rotatable bonds is 12.